The van der Waals surface area contributed by atoms with Crippen molar-refractivity contribution in [3.63, 3.8) is 0 Å². The summed E-state index contributed by atoms with van der Waals surface area (Å²) in [6, 6.07) is 2.46. The smallest absolute Gasteiger partial charge is 0.430 e. The number of alkyl halides is 6. The third-order valence-electron chi connectivity index (χ3n) is 4.70. The fourth-order valence-electron chi connectivity index (χ4n) is 2.70. The topological polar surface area (TPSA) is 95.9 Å². The Morgan fingerprint density at radius 2 is 1.53 bits per heavy atom. The number of carbonyl (C=O) groups excluding carboxylic acids is 1. The van der Waals surface area contributed by atoms with E-state index in [1.807, 2.05) is 0 Å². The van der Waals surface area contributed by atoms with Gasteiger partial charge in [0.1, 0.15) is 0 Å². The number of ether oxygens (including phenoxy) is 1. The van der Waals surface area contributed by atoms with E-state index < -0.39 is 53.3 Å². The van der Waals surface area contributed by atoms with Crippen molar-refractivity contribution in [3.8, 4) is 0 Å². The lowest BCUT2D eigenvalue weighted by Crippen LogP contribution is -2.53. The van der Waals surface area contributed by atoms with Crippen LogP contribution in [0.4, 0.5) is 32.0 Å². The lowest BCUT2D eigenvalue weighted by molar-refractivity contribution is -0.376. The number of aliphatic carboxylic acids is 1. The van der Waals surface area contributed by atoms with Crippen LogP contribution in [-0.2, 0) is 19.9 Å². The van der Waals surface area contributed by atoms with E-state index in [9.17, 15) is 46.1 Å². The standard InChI is InChI=1S/C18H21F6NO5/c1-4-30-13(26)9-15(3,10(2)14(27)28)25-12-7-5-11(6-8-12)16(29,17(19,20)21)18(22,23)24/h5-8,10,25,29H,4,9H2,1-3H3,(H,27,28). The van der Waals surface area contributed by atoms with Gasteiger partial charge in [-0.25, -0.2) is 0 Å². The second kappa shape index (κ2) is 8.70. The summed E-state index contributed by atoms with van der Waals surface area (Å²) in [5.41, 5.74) is -8.10. The van der Waals surface area contributed by atoms with E-state index in [0.717, 1.165) is 12.1 Å². The number of hydrogen-bond donors (Lipinski definition) is 3. The number of carbonyl (C=O) groups is 2. The second-order valence-electron chi connectivity index (χ2n) is 6.87. The van der Waals surface area contributed by atoms with Gasteiger partial charge < -0.3 is 20.3 Å². The van der Waals surface area contributed by atoms with Gasteiger partial charge in [-0.2, -0.15) is 26.3 Å². The van der Waals surface area contributed by atoms with Gasteiger partial charge in [-0.15, -0.1) is 0 Å². The molecule has 30 heavy (non-hydrogen) atoms. The van der Waals surface area contributed by atoms with Crippen LogP contribution in [0.5, 0.6) is 0 Å². The number of carboxylic acid groups (broad SMARTS) is 1. The zero-order valence-corrected chi connectivity index (χ0v) is 16.2. The van der Waals surface area contributed by atoms with Gasteiger partial charge in [-0.05, 0) is 32.9 Å². The minimum atomic E-state index is -6.03. The van der Waals surface area contributed by atoms with Gasteiger partial charge in [0.15, 0.2) is 0 Å². The molecule has 0 fully saturated rings. The quantitative estimate of drug-likeness (QED) is 0.416. The first-order valence-corrected chi connectivity index (χ1v) is 8.62. The van der Waals surface area contributed by atoms with Crippen molar-refractivity contribution >= 4 is 17.6 Å². The first-order valence-electron chi connectivity index (χ1n) is 8.62. The summed E-state index contributed by atoms with van der Waals surface area (Å²) in [6.45, 7) is 4.18. The lowest BCUT2D eigenvalue weighted by atomic mass is 9.83. The number of rotatable bonds is 8. The predicted octanol–water partition coefficient (Wildman–Crippen LogP) is 3.84. The minimum absolute atomic E-state index is 0.0263. The average Bonchev–Trinajstić information content (AvgIpc) is 2.59. The highest BCUT2D eigenvalue weighted by Gasteiger charge is 2.71. The highest BCUT2D eigenvalue weighted by atomic mass is 19.4. The van der Waals surface area contributed by atoms with E-state index in [1.54, 1.807) is 0 Å². The van der Waals surface area contributed by atoms with Crippen molar-refractivity contribution in [2.75, 3.05) is 11.9 Å². The molecule has 2 atom stereocenters. The van der Waals surface area contributed by atoms with E-state index in [0.29, 0.717) is 12.1 Å². The Morgan fingerprint density at radius 1 is 1.07 bits per heavy atom. The molecule has 3 N–H and O–H groups in total. The Kier molecular flexibility index (Phi) is 7.41. The van der Waals surface area contributed by atoms with E-state index >= 15 is 0 Å². The van der Waals surface area contributed by atoms with Gasteiger partial charge in [-0.3, -0.25) is 9.59 Å². The maximum absolute atomic E-state index is 13.0. The predicted molar refractivity (Wildman–Crippen MR) is 92.5 cm³/mol. The molecule has 0 aliphatic carbocycles. The molecule has 0 saturated heterocycles. The second-order valence-corrected chi connectivity index (χ2v) is 6.87. The number of benzene rings is 1. The summed E-state index contributed by atoms with van der Waals surface area (Å²) in [6.07, 6.45) is -12.5. The Morgan fingerprint density at radius 3 is 1.90 bits per heavy atom. The highest BCUT2D eigenvalue weighted by molar-refractivity contribution is 5.77. The van der Waals surface area contributed by atoms with Crippen molar-refractivity contribution < 1.29 is 50.9 Å². The molecule has 1 aromatic rings. The molecule has 0 heterocycles. The van der Waals surface area contributed by atoms with Crippen molar-refractivity contribution in [1.82, 2.24) is 0 Å². The fraction of sp³-hybridized carbons (Fsp3) is 0.556. The molecule has 12 heteroatoms. The molecular weight excluding hydrogens is 424 g/mol. The van der Waals surface area contributed by atoms with Crippen LogP contribution in [-0.4, -0.2) is 46.7 Å². The third kappa shape index (κ3) is 5.15. The zero-order valence-electron chi connectivity index (χ0n) is 16.2. The molecule has 0 aliphatic heterocycles. The lowest BCUT2D eigenvalue weighted by Gasteiger charge is -2.35. The summed E-state index contributed by atoms with van der Waals surface area (Å²) in [4.78, 5) is 23.3. The van der Waals surface area contributed by atoms with Crippen LogP contribution >= 0.6 is 0 Å². The van der Waals surface area contributed by atoms with E-state index in [-0.39, 0.29) is 12.3 Å². The van der Waals surface area contributed by atoms with Gasteiger partial charge in [0.05, 0.1) is 24.5 Å². The first kappa shape index (κ1) is 25.5. The third-order valence-corrected chi connectivity index (χ3v) is 4.70. The molecule has 1 rings (SSSR count). The average molecular weight is 445 g/mol. The molecule has 0 radical (unpaired) electrons. The Bertz CT molecular complexity index is 748. The largest absolute Gasteiger partial charge is 0.481 e. The maximum Gasteiger partial charge on any atom is 0.430 e. The van der Waals surface area contributed by atoms with Gasteiger partial charge in [0, 0.05) is 11.3 Å². The normalized spacial score (nSPS) is 15.8. The molecule has 0 amide bonds. The summed E-state index contributed by atoms with van der Waals surface area (Å²) >= 11 is 0. The Hall–Kier alpha value is -2.50. The molecule has 0 aliphatic rings. The number of anilines is 1. The fourth-order valence-corrected chi connectivity index (χ4v) is 2.70. The van der Waals surface area contributed by atoms with Gasteiger partial charge in [-0.1, -0.05) is 12.1 Å². The SMILES string of the molecule is CCOC(=O)CC(C)(Nc1ccc(C(O)(C(F)(F)F)C(F)(F)F)cc1)C(C)C(=O)O. The van der Waals surface area contributed by atoms with Crippen molar-refractivity contribution in [2.24, 2.45) is 5.92 Å². The molecule has 0 aromatic heterocycles. The van der Waals surface area contributed by atoms with Gasteiger partial charge in [0.25, 0.3) is 5.60 Å². The number of carboxylic acids is 1. The van der Waals surface area contributed by atoms with Crippen LogP contribution in [0, 0.1) is 5.92 Å². The molecule has 0 bridgehead atoms. The van der Waals surface area contributed by atoms with Crippen LogP contribution in [0.3, 0.4) is 0 Å². The molecule has 0 spiro atoms. The molecule has 2 unspecified atom stereocenters. The summed E-state index contributed by atoms with van der Waals surface area (Å²) < 4.78 is 82.6. The molecule has 170 valence electrons. The van der Waals surface area contributed by atoms with E-state index in [1.165, 1.54) is 20.8 Å². The first-order chi connectivity index (χ1) is 13.5. The van der Waals surface area contributed by atoms with Gasteiger partial charge in [0.2, 0.25) is 0 Å². The van der Waals surface area contributed by atoms with E-state index in [4.69, 9.17) is 4.74 Å². The van der Waals surface area contributed by atoms with Crippen molar-refractivity contribution in [1.29, 1.82) is 0 Å². The number of aliphatic hydroxyl groups is 1. The minimum Gasteiger partial charge on any atom is -0.481 e. The Balaban J connectivity index is 3.30. The van der Waals surface area contributed by atoms with Crippen LogP contribution in [0.1, 0.15) is 32.8 Å². The summed E-state index contributed by atoms with van der Waals surface area (Å²) in [5, 5.41) is 21.4. The van der Waals surface area contributed by atoms with Crippen LogP contribution in [0.15, 0.2) is 24.3 Å². The molecule has 6 nitrogen and oxygen atoms in total. The Labute approximate surface area is 167 Å². The molecular formula is C18H21F6NO5. The van der Waals surface area contributed by atoms with Crippen LogP contribution in [0.2, 0.25) is 0 Å². The summed E-state index contributed by atoms with van der Waals surface area (Å²) in [7, 11) is 0. The van der Waals surface area contributed by atoms with Crippen LogP contribution < -0.4 is 5.32 Å². The molecule has 0 saturated carbocycles. The molecule has 1 aromatic carbocycles. The number of nitrogens with one attached hydrogen (secondary N) is 1. The maximum atomic E-state index is 13.0. The monoisotopic (exact) mass is 445 g/mol. The van der Waals surface area contributed by atoms with Crippen LogP contribution in [0.25, 0.3) is 0 Å². The van der Waals surface area contributed by atoms with Gasteiger partial charge >= 0.3 is 24.3 Å². The number of esters is 1. The highest BCUT2D eigenvalue weighted by Crippen LogP contribution is 2.50. The van der Waals surface area contributed by atoms with Crippen molar-refractivity contribution in [3.05, 3.63) is 29.8 Å². The number of halogens is 6. The number of hydrogen-bond acceptors (Lipinski definition) is 5. The van der Waals surface area contributed by atoms with Crippen molar-refractivity contribution in [2.45, 2.75) is 50.7 Å². The zero-order chi connectivity index (χ0) is 23.5. The summed E-state index contributed by atoms with van der Waals surface area (Å²) in [5.74, 6) is -3.24. The van der Waals surface area contributed by atoms with E-state index in [2.05, 4.69) is 5.32 Å².